The quantitative estimate of drug-likeness (QED) is 0.628. The molecule has 1 aliphatic carbocycles. The molecular weight excluding hydrogens is 160 g/mol. The van der Waals surface area contributed by atoms with Crippen molar-refractivity contribution >= 4 is 0 Å². The van der Waals surface area contributed by atoms with E-state index in [1.807, 2.05) is 12.2 Å². The Labute approximate surface area is 80.8 Å². The van der Waals surface area contributed by atoms with Crippen molar-refractivity contribution in [1.82, 2.24) is 0 Å². The average Bonchev–Trinajstić information content (AvgIpc) is 2.03. The summed E-state index contributed by atoms with van der Waals surface area (Å²) >= 11 is 0. The molecule has 0 saturated heterocycles. The zero-order valence-electron chi connectivity index (χ0n) is 8.76. The molecule has 0 saturated carbocycles. The van der Waals surface area contributed by atoms with Gasteiger partial charge in [0, 0.05) is 6.42 Å². The van der Waals surface area contributed by atoms with Gasteiger partial charge in [0.1, 0.15) is 5.60 Å². The predicted molar refractivity (Wildman–Crippen MR) is 56.4 cm³/mol. The van der Waals surface area contributed by atoms with Gasteiger partial charge in [0.2, 0.25) is 0 Å². The summed E-state index contributed by atoms with van der Waals surface area (Å²) in [6, 6.07) is 0. The van der Waals surface area contributed by atoms with Gasteiger partial charge in [0.05, 0.1) is 5.76 Å². The van der Waals surface area contributed by atoms with Crippen molar-refractivity contribution < 1.29 is 4.74 Å². The highest BCUT2D eigenvalue weighted by Crippen LogP contribution is 2.23. The lowest BCUT2D eigenvalue weighted by Gasteiger charge is -2.24. The number of rotatable bonds is 2. The van der Waals surface area contributed by atoms with Crippen LogP contribution in [0.1, 0.15) is 33.6 Å². The van der Waals surface area contributed by atoms with Crippen molar-refractivity contribution in [2.24, 2.45) is 0 Å². The molecule has 72 valence electrons. The van der Waals surface area contributed by atoms with E-state index in [2.05, 4.69) is 33.4 Å². The molecule has 0 atom stereocenters. The Hall–Kier alpha value is -0.980. The molecular formula is C12H18O. The minimum absolute atomic E-state index is 0.0780. The van der Waals surface area contributed by atoms with Crippen molar-refractivity contribution in [3.8, 4) is 0 Å². The Morgan fingerprint density at radius 1 is 1.31 bits per heavy atom. The van der Waals surface area contributed by atoms with E-state index in [0.29, 0.717) is 0 Å². The van der Waals surface area contributed by atoms with Crippen LogP contribution in [0.5, 0.6) is 0 Å². The molecule has 0 spiro atoms. The molecule has 0 aromatic rings. The van der Waals surface area contributed by atoms with E-state index in [0.717, 1.165) is 18.6 Å². The highest BCUT2D eigenvalue weighted by atomic mass is 16.5. The molecule has 0 fully saturated rings. The lowest BCUT2D eigenvalue weighted by atomic mass is 10.0. The number of hydrogen-bond donors (Lipinski definition) is 0. The van der Waals surface area contributed by atoms with Gasteiger partial charge in [0.25, 0.3) is 0 Å². The first-order chi connectivity index (χ1) is 6.01. The van der Waals surface area contributed by atoms with Gasteiger partial charge < -0.3 is 4.74 Å². The first-order valence-corrected chi connectivity index (χ1v) is 4.72. The van der Waals surface area contributed by atoms with E-state index in [-0.39, 0.29) is 5.60 Å². The van der Waals surface area contributed by atoms with Gasteiger partial charge in [-0.25, -0.2) is 0 Å². The van der Waals surface area contributed by atoms with E-state index < -0.39 is 0 Å². The highest BCUT2D eigenvalue weighted by Gasteiger charge is 2.14. The fraction of sp³-hybridized carbons (Fsp3) is 0.500. The third kappa shape index (κ3) is 3.49. The van der Waals surface area contributed by atoms with Crippen LogP contribution in [0, 0.1) is 0 Å². The van der Waals surface area contributed by atoms with Gasteiger partial charge in [-0.15, -0.1) is 0 Å². The molecule has 1 nitrogen and oxygen atoms in total. The SMILES string of the molecule is C=CC1=CC=C(OC(C)(C)C)CC1. The second-order valence-electron chi connectivity index (χ2n) is 4.29. The lowest BCUT2D eigenvalue weighted by Crippen LogP contribution is -2.19. The molecule has 1 heteroatoms. The topological polar surface area (TPSA) is 9.23 Å². The first-order valence-electron chi connectivity index (χ1n) is 4.72. The number of ether oxygens (including phenoxy) is 1. The maximum atomic E-state index is 5.75. The Bertz CT molecular complexity index is 251. The van der Waals surface area contributed by atoms with Crippen LogP contribution in [0.3, 0.4) is 0 Å². The standard InChI is InChI=1S/C12H18O/c1-5-10-6-8-11(9-7-10)13-12(2,3)4/h5-6,8H,1,7,9H2,2-4H3. The van der Waals surface area contributed by atoms with Gasteiger partial charge in [-0.2, -0.15) is 0 Å². The van der Waals surface area contributed by atoms with E-state index in [9.17, 15) is 0 Å². The van der Waals surface area contributed by atoms with E-state index >= 15 is 0 Å². The molecule has 0 unspecified atom stereocenters. The van der Waals surface area contributed by atoms with Gasteiger partial charge >= 0.3 is 0 Å². The predicted octanol–water partition coefficient (Wildman–Crippen LogP) is 3.59. The molecule has 0 N–H and O–H groups in total. The third-order valence-corrected chi connectivity index (χ3v) is 1.84. The fourth-order valence-corrected chi connectivity index (χ4v) is 1.28. The van der Waals surface area contributed by atoms with E-state index in [1.165, 1.54) is 5.57 Å². The summed E-state index contributed by atoms with van der Waals surface area (Å²) in [6.45, 7) is 9.96. The Kier molecular flexibility index (Phi) is 2.97. The maximum Gasteiger partial charge on any atom is 0.100 e. The zero-order valence-corrected chi connectivity index (χ0v) is 8.76. The largest absolute Gasteiger partial charge is 0.492 e. The lowest BCUT2D eigenvalue weighted by molar-refractivity contribution is 0.0466. The Balaban J connectivity index is 2.60. The van der Waals surface area contributed by atoms with Crippen LogP contribution in [-0.4, -0.2) is 5.60 Å². The summed E-state index contributed by atoms with van der Waals surface area (Å²) in [5.74, 6) is 1.08. The van der Waals surface area contributed by atoms with Gasteiger partial charge in [0.15, 0.2) is 0 Å². The van der Waals surface area contributed by atoms with Crippen molar-refractivity contribution in [3.05, 3.63) is 36.1 Å². The molecule has 0 heterocycles. The summed E-state index contributed by atoms with van der Waals surface area (Å²) < 4.78 is 5.75. The summed E-state index contributed by atoms with van der Waals surface area (Å²) in [7, 11) is 0. The minimum Gasteiger partial charge on any atom is -0.492 e. The second kappa shape index (κ2) is 3.82. The fourth-order valence-electron chi connectivity index (χ4n) is 1.28. The Morgan fingerprint density at radius 3 is 2.38 bits per heavy atom. The van der Waals surface area contributed by atoms with Crippen LogP contribution in [-0.2, 0) is 4.74 Å². The Morgan fingerprint density at radius 2 is 2.00 bits per heavy atom. The van der Waals surface area contributed by atoms with Crippen LogP contribution < -0.4 is 0 Å². The molecule has 0 amide bonds. The van der Waals surface area contributed by atoms with Crippen LogP contribution in [0.15, 0.2) is 36.1 Å². The summed E-state index contributed by atoms with van der Waals surface area (Å²) in [5, 5.41) is 0. The van der Waals surface area contributed by atoms with Crippen molar-refractivity contribution in [2.75, 3.05) is 0 Å². The van der Waals surface area contributed by atoms with Gasteiger partial charge in [-0.1, -0.05) is 18.7 Å². The number of allylic oxidation sites excluding steroid dienone is 5. The summed E-state index contributed by atoms with van der Waals surface area (Å²) in [5.41, 5.74) is 1.21. The third-order valence-electron chi connectivity index (χ3n) is 1.84. The molecule has 1 aliphatic rings. The zero-order chi connectivity index (χ0) is 9.90. The highest BCUT2D eigenvalue weighted by molar-refractivity contribution is 5.27. The van der Waals surface area contributed by atoms with Gasteiger partial charge in [-0.05, 0) is 38.8 Å². The maximum absolute atomic E-state index is 5.75. The van der Waals surface area contributed by atoms with Crippen LogP contribution in [0.25, 0.3) is 0 Å². The molecule has 0 aromatic heterocycles. The molecule has 0 radical (unpaired) electrons. The monoisotopic (exact) mass is 178 g/mol. The molecule has 1 rings (SSSR count). The van der Waals surface area contributed by atoms with E-state index in [1.54, 1.807) is 0 Å². The van der Waals surface area contributed by atoms with E-state index in [4.69, 9.17) is 4.74 Å². The average molecular weight is 178 g/mol. The van der Waals surface area contributed by atoms with Crippen molar-refractivity contribution in [3.63, 3.8) is 0 Å². The van der Waals surface area contributed by atoms with Gasteiger partial charge in [-0.3, -0.25) is 0 Å². The van der Waals surface area contributed by atoms with Crippen LogP contribution in [0.4, 0.5) is 0 Å². The molecule has 0 aromatic carbocycles. The van der Waals surface area contributed by atoms with Crippen molar-refractivity contribution in [1.29, 1.82) is 0 Å². The number of hydrogen-bond acceptors (Lipinski definition) is 1. The minimum atomic E-state index is -0.0780. The molecule has 0 aliphatic heterocycles. The summed E-state index contributed by atoms with van der Waals surface area (Å²) in [6.07, 6.45) is 8.08. The first kappa shape index (κ1) is 10.1. The normalized spacial score (nSPS) is 17.5. The smallest absolute Gasteiger partial charge is 0.100 e. The van der Waals surface area contributed by atoms with Crippen LogP contribution >= 0.6 is 0 Å². The second-order valence-corrected chi connectivity index (χ2v) is 4.29. The van der Waals surface area contributed by atoms with Crippen LogP contribution in [0.2, 0.25) is 0 Å². The molecule has 0 bridgehead atoms. The molecule has 13 heavy (non-hydrogen) atoms. The summed E-state index contributed by atoms with van der Waals surface area (Å²) in [4.78, 5) is 0. The van der Waals surface area contributed by atoms with Crippen molar-refractivity contribution in [2.45, 2.75) is 39.2 Å².